The largest absolute Gasteiger partial charge is 0.472 e. The SMILES string of the molecule is CC(C)Oc1nccnc1NCC(O)Cc1ccccc1. The van der Waals surface area contributed by atoms with Gasteiger partial charge in [-0.25, -0.2) is 9.97 Å². The van der Waals surface area contributed by atoms with Gasteiger partial charge in [-0.15, -0.1) is 0 Å². The molecular formula is C16H21N3O2. The van der Waals surface area contributed by atoms with Crippen LogP contribution in [0, 0.1) is 0 Å². The molecule has 5 heteroatoms. The number of ether oxygens (including phenoxy) is 1. The second-order valence-electron chi connectivity index (χ2n) is 5.10. The summed E-state index contributed by atoms with van der Waals surface area (Å²) in [5, 5.41) is 13.2. The van der Waals surface area contributed by atoms with Crippen molar-refractivity contribution in [1.82, 2.24) is 9.97 Å². The first-order chi connectivity index (χ1) is 10.1. The van der Waals surface area contributed by atoms with Crippen molar-refractivity contribution in [3.8, 4) is 5.88 Å². The molecule has 0 saturated heterocycles. The van der Waals surface area contributed by atoms with Gasteiger partial charge >= 0.3 is 0 Å². The van der Waals surface area contributed by atoms with Crippen LogP contribution in [0.25, 0.3) is 0 Å². The maximum absolute atomic E-state index is 10.1. The van der Waals surface area contributed by atoms with Crippen LogP contribution in [0.4, 0.5) is 5.82 Å². The molecule has 2 N–H and O–H groups in total. The van der Waals surface area contributed by atoms with E-state index >= 15 is 0 Å². The highest BCUT2D eigenvalue weighted by Gasteiger charge is 2.11. The molecule has 0 spiro atoms. The van der Waals surface area contributed by atoms with E-state index in [2.05, 4.69) is 15.3 Å². The number of anilines is 1. The molecule has 1 aromatic heterocycles. The fourth-order valence-electron chi connectivity index (χ4n) is 1.93. The van der Waals surface area contributed by atoms with Crippen LogP contribution in [0.15, 0.2) is 42.7 Å². The lowest BCUT2D eigenvalue weighted by molar-refractivity contribution is 0.187. The molecule has 0 saturated carbocycles. The van der Waals surface area contributed by atoms with Crippen molar-refractivity contribution in [3.05, 3.63) is 48.3 Å². The molecule has 1 unspecified atom stereocenters. The van der Waals surface area contributed by atoms with Crippen molar-refractivity contribution < 1.29 is 9.84 Å². The normalized spacial score (nSPS) is 12.2. The van der Waals surface area contributed by atoms with Crippen LogP contribution in [0.1, 0.15) is 19.4 Å². The Balaban J connectivity index is 1.90. The predicted octanol–water partition coefficient (Wildman–Crippen LogP) is 2.28. The Labute approximate surface area is 125 Å². The molecule has 0 aliphatic rings. The van der Waals surface area contributed by atoms with Gasteiger partial charge in [-0.2, -0.15) is 0 Å². The average Bonchev–Trinajstić information content (AvgIpc) is 2.47. The molecule has 1 aromatic carbocycles. The van der Waals surface area contributed by atoms with E-state index in [0.717, 1.165) is 5.56 Å². The first-order valence-corrected chi connectivity index (χ1v) is 7.08. The van der Waals surface area contributed by atoms with E-state index in [1.807, 2.05) is 44.2 Å². The topological polar surface area (TPSA) is 67.3 Å². The van der Waals surface area contributed by atoms with Gasteiger partial charge in [-0.3, -0.25) is 0 Å². The number of hydrogen-bond acceptors (Lipinski definition) is 5. The average molecular weight is 287 g/mol. The number of hydrogen-bond donors (Lipinski definition) is 2. The van der Waals surface area contributed by atoms with Crippen molar-refractivity contribution in [3.63, 3.8) is 0 Å². The minimum atomic E-state index is -0.499. The van der Waals surface area contributed by atoms with Gasteiger partial charge in [0.2, 0.25) is 0 Å². The lowest BCUT2D eigenvalue weighted by Crippen LogP contribution is -2.23. The first kappa shape index (κ1) is 15.3. The standard InChI is InChI=1S/C16H21N3O2/c1-12(2)21-16-15(17-8-9-18-16)19-11-14(20)10-13-6-4-3-5-7-13/h3-9,12,14,20H,10-11H2,1-2H3,(H,17,19). The zero-order chi connectivity index (χ0) is 15.1. The summed E-state index contributed by atoms with van der Waals surface area (Å²) in [7, 11) is 0. The Bertz CT molecular complexity index is 546. The Morgan fingerprint density at radius 2 is 1.86 bits per heavy atom. The summed E-state index contributed by atoms with van der Waals surface area (Å²) in [6.07, 6.45) is 3.30. The van der Waals surface area contributed by atoms with Crippen molar-refractivity contribution in [2.45, 2.75) is 32.5 Å². The van der Waals surface area contributed by atoms with Crippen LogP contribution in [0.3, 0.4) is 0 Å². The Morgan fingerprint density at radius 3 is 2.57 bits per heavy atom. The Kier molecular flexibility index (Phi) is 5.51. The van der Waals surface area contributed by atoms with E-state index in [0.29, 0.717) is 24.7 Å². The lowest BCUT2D eigenvalue weighted by Gasteiger charge is -2.15. The monoisotopic (exact) mass is 287 g/mol. The molecule has 1 heterocycles. The second-order valence-corrected chi connectivity index (χ2v) is 5.10. The fourth-order valence-corrected chi connectivity index (χ4v) is 1.93. The van der Waals surface area contributed by atoms with Crippen LogP contribution in [0.2, 0.25) is 0 Å². The maximum atomic E-state index is 10.1. The third kappa shape index (κ3) is 5.04. The summed E-state index contributed by atoms with van der Waals surface area (Å²) in [6.45, 7) is 4.26. The van der Waals surface area contributed by atoms with Gasteiger partial charge in [0, 0.05) is 25.4 Å². The summed E-state index contributed by atoms with van der Waals surface area (Å²) in [5.74, 6) is 1.01. The second kappa shape index (κ2) is 7.59. The van der Waals surface area contributed by atoms with Crippen LogP contribution in [-0.2, 0) is 6.42 Å². The molecule has 5 nitrogen and oxygen atoms in total. The predicted molar refractivity (Wildman–Crippen MR) is 82.4 cm³/mol. The van der Waals surface area contributed by atoms with Crippen molar-refractivity contribution >= 4 is 5.82 Å². The minimum absolute atomic E-state index is 0.0245. The maximum Gasteiger partial charge on any atom is 0.257 e. The Hall–Kier alpha value is -2.14. The Morgan fingerprint density at radius 1 is 1.14 bits per heavy atom. The molecule has 2 aromatic rings. The van der Waals surface area contributed by atoms with Crippen molar-refractivity contribution in [2.24, 2.45) is 0 Å². The smallest absolute Gasteiger partial charge is 0.257 e. The molecule has 0 amide bonds. The molecule has 0 fully saturated rings. The van der Waals surface area contributed by atoms with Gasteiger partial charge in [0.05, 0.1) is 12.2 Å². The minimum Gasteiger partial charge on any atom is -0.472 e. The van der Waals surface area contributed by atoms with Gasteiger partial charge in [0.25, 0.3) is 5.88 Å². The van der Waals surface area contributed by atoms with Gasteiger partial charge < -0.3 is 15.2 Å². The molecule has 112 valence electrons. The highest BCUT2D eigenvalue weighted by atomic mass is 16.5. The van der Waals surface area contributed by atoms with Crippen molar-refractivity contribution in [2.75, 3.05) is 11.9 Å². The van der Waals surface area contributed by atoms with E-state index in [1.165, 1.54) is 0 Å². The molecule has 0 aliphatic carbocycles. The summed E-state index contributed by atoms with van der Waals surface area (Å²) in [6, 6.07) is 9.89. The molecule has 1 atom stereocenters. The molecular weight excluding hydrogens is 266 g/mol. The highest BCUT2D eigenvalue weighted by Crippen LogP contribution is 2.18. The molecule has 2 rings (SSSR count). The number of aliphatic hydroxyl groups excluding tert-OH is 1. The van der Waals surface area contributed by atoms with Crippen LogP contribution in [-0.4, -0.2) is 33.8 Å². The zero-order valence-corrected chi connectivity index (χ0v) is 12.4. The molecule has 0 radical (unpaired) electrons. The van der Waals surface area contributed by atoms with Gasteiger partial charge in [-0.1, -0.05) is 30.3 Å². The van der Waals surface area contributed by atoms with Crippen LogP contribution >= 0.6 is 0 Å². The number of benzene rings is 1. The number of aromatic nitrogens is 2. The summed E-state index contributed by atoms with van der Waals surface area (Å²) in [4.78, 5) is 8.35. The van der Waals surface area contributed by atoms with E-state index in [9.17, 15) is 5.11 Å². The van der Waals surface area contributed by atoms with E-state index in [1.54, 1.807) is 12.4 Å². The van der Waals surface area contributed by atoms with Crippen LogP contribution in [0.5, 0.6) is 5.88 Å². The number of aliphatic hydroxyl groups is 1. The summed E-state index contributed by atoms with van der Waals surface area (Å²) >= 11 is 0. The number of nitrogens with one attached hydrogen (secondary N) is 1. The number of rotatable bonds is 7. The fraction of sp³-hybridized carbons (Fsp3) is 0.375. The lowest BCUT2D eigenvalue weighted by atomic mass is 10.1. The molecule has 0 aliphatic heterocycles. The van der Waals surface area contributed by atoms with E-state index in [4.69, 9.17) is 4.74 Å². The zero-order valence-electron chi connectivity index (χ0n) is 12.4. The van der Waals surface area contributed by atoms with Gasteiger partial charge in [0.15, 0.2) is 5.82 Å². The van der Waals surface area contributed by atoms with Crippen LogP contribution < -0.4 is 10.1 Å². The third-order valence-electron chi connectivity index (χ3n) is 2.83. The highest BCUT2D eigenvalue weighted by molar-refractivity contribution is 5.44. The van der Waals surface area contributed by atoms with E-state index in [-0.39, 0.29) is 6.10 Å². The van der Waals surface area contributed by atoms with Gasteiger partial charge in [0.1, 0.15) is 0 Å². The third-order valence-corrected chi connectivity index (χ3v) is 2.83. The molecule has 21 heavy (non-hydrogen) atoms. The molecule has 0 bridgehead atoms. The number of nitrogens with zero attached hydrogens (tertiary/aromatic N) is 2. The summed E-state index contributed by atoms with van der Waals surface area (Å²) < 4.78 is 5.58. The van der Waals surface area contributed by atoms with Gasteiger partial charge in [-0.05, 0) is 19.4 Å². The van der Waals surface area contributed by atoms with E-state index < -0.39 is 6.10 Å². The summed E-state index contributed by atoms with van der Waals surface area (Å²) in [5.41, 5.74) is 1.10. The van der Waals surface area contributed by atoms with Crippen molar-refractivity contribution in [1.29, 1.82) is 0 Å². The first-order valence-electron chi connectivity index (χ1n) is 7.08. The quantitative estimate of drug-likeness (QED) is 0.817.